The van der Waals surface area contributed by atoms with Crippen LogP contribution in [-0.2, 0) is 7.05 Å². The van der Waals surface area contributed by atoms with Gasteiger partial charge < -0.3 is 11.1 Å². The Hall–Kier alpha value is -1.72. The maximum atomic E-state index is 11.5. The van der Waals surface area contributed by atoms with Gasteiger partial charge >= 0.3 is 5.69 Å². The van der Waals surface area contributed by atoms with Gasteiger partial charge in [-0.25, -0.2) is 4.79 Å². The highest BCUT2D eigenvalue weighted by molar-refractivity contribution is 5.60. The first-order chi connectivity index (χ1) is 8.07. The van der Waals surface area contributed by atoms with E-state index in [4.69, 9.17) is 5.73 Å². The number of H-pyrrole nitrogens is 1. The highest BCUT2D eigenvalue weighted by Gasteiger charge is 2.08. The topological polar surface area (TPSA) is 92.9 Å². The number of unbranched alkanes of at least 4 members (excludes halogenated alkanes) is 3. The number of anilines is 2. The number of aromatic nitrogens is 2. The van der Waals surface area contributed by atoms with Crippen LogP contribution in [0.3, 0.4) is 0 Å². The van der Waals surface area contributed by atoms with Crippen LogP contribution in [0, 0.1) is 0 Å². The molecular weight excluding hydrogens is 220 g/mol. The van der Waals surface area contributed by atoms with Gasteiger partial charge in [-0.05, 0) is 6.42 Å². The highest BCUT2D eigenvalue weighted by Crippen LogP contribution is 2.08. The smallest absolute Gasteiger partial charge is 0.329 e. The molecule has 0 aliphatic rings. The second-order valence-electron chi connectivity index (χ2n) is 4.07. The zero-order chi connectivity index (χ0) is 12.8. The maximum absolute atomic E-state index is 11.5. The van der Waals surface area contributed by atoms with Crippen molar-refractivity contribution >= 4 is 11.5 Å². The van der Waals surface area contributed by atoms with E-state index in [0.29, 0.717) is 6.54 Å². The Bertz CT molecular complexity index is 475. The van der Waals surface area contributed by atoms with Crippen LogP contribution in [0.2, 0.25) is 0 Å². The van der Waals surface area contributed by atoms with E-state index in [1.54, 1.807) is 0 Å². The monoisotopic (exact) mass is 240 g/mol. The number of nitrogen functional groups attached to an aromatic ring is 1. The van der Waals surface area contributed by atoms with Gasteiger partial charge in [0.2, 0.25) is 0 Å². The fourth-order valence-electron chi connectivity index (χ4n) is 1.57. The van der Waals surface area contributed by atoms with Gasteiger partial charge in [-0.15, -0.1) is 0 Å². The summed E-state index contributed by atoms with van der Waals surface area (Å²) in [6.07, 6.45) is 4.45. The molecule has 0 spiro atoms. The minimum atomic E-state index is -0.496. The zero-order valence-corrected chi connectivity index (χ0v) is 10.4. The number of nitrogens with two attached hydrogens (primary N) is 1. The summed E-state index contributed by atoms with van der Waals surface area (Å²) in [5.41, 5.74) is 5.03. The Morgan fingerprint density at radius 1 is 1.29 bits per heavy atom. The summed E-state index contributed by atoms with van der Waals surface area (Å²) in [6, 6.07) is 0. The molecule has 0 amide bonds. The molecule has 17 heavy (non-hydrogen) atoms. The van der Waals surface area contributed by atoms with E-state index in [1.165, 1.54) is 24.5 Å². The van der Waals surface area contributed by atoms with E-state index in [9.17, 15) is 9.59 Å². The van der Waals surface area contributed by atoms with Crippen molar-refractivity contribution in [3.05, 3.63) is 20.8 Å². The summed E-state index contributed by atoms with van der Waals surface area (Å²) < 4.78 is 1.22. The number of hydrogen-bond acceptors (Lipinski definition) is 4. The molecule has 0 aromatic carbocycles. The minimum Gasteiger partial charge on any atom is -0.383 e. The molecule has 0 aliphatic carbocycles. The van der Waals surface area contributed by atoms with Crippen molar-refractivity contribution in [3.63, 3.8) is 0 Å². The average molecular weight is 240 g/mol. The third-order valence-electron chi connectivity index (χ3n) is 2.70. The lowest BCUT2D eigenvalue weighted by molar-refractivity contribution is 0.684. The fraction of sp³-hybridized carbons (Fsp3) is 0.636. The van der Waals surface area contributed by atoms with Crippen molar-refractivity contribution in [2.24, 2.45) is 7.05 Å². The molecule has 0 saturated carbocycles. The van der Waals surface area contributed by atoms with Crippen molar-refractivity contribution in [2.45, 2.75) is 32.6 Å². The van der Waals surface area contributed by atoms with Crippen molar-refractivity contribution in [1.82, 2.24) is 9.55 Å². The minimum absolute atomic E-state index is 0.175. The number of nitrogens with zero attached hydrogens (tertiary/aromatic N) is 1. The van der Waals surface area contributed by atoms with Gasteiger partial charge in [0.1, 0.15) is 11.5 Å². The van der Waals surface area contributed by atoms with E-state index < -0.39 is 11.2 Å². The van der Waals surface area contributed by atoms with E-state index in [0.717, 1.165) is 12.8 Å². The van der Waals surface area contributed by atoms with Crippen LogP contribution in [0.4, 0.5) is 11.5 Å². The lowest BCUT2D eigenvalue weighted by Gasteiger charge is -2.10. The molecule has 4 N–H and O–H groups in total. The van der Waals surface area contributed by atoms with Crippen molar-refractivity contribution in [3.8, 4) is 0 Å². The summed E-state index contributed by atoms with van der Waals surface area (Å²) in [5.74, 6) is 0.175. The normalized spacial score (nSPS) is 10.5. The Balaban J connectivity index is 2.69. The average Bonchev–Trinajstić information content (AvgIpc) is 2.30. The zero-order valence-electron chi connectivity index (χ0n) is 10.4. The second-order valence-corrected chi connectivity index (χ2v) is 4.07. The molecule has 1 aromatic rings. The SMILES string of the molecule is CCCCCCNc1c(N)n(C)c(=O)[nH]c1=O. The first-order valence-electron chi connectivity index (χ1n) is 5.90. The quantitative estimate of drug-likeness (QED) is 0.636. The predicted molar refractivity (Wildman–Crippen MR) is 69.3 cm³/mol. The molecule has 0 aliphatic heterocycles. The summed E-state index contributed by atoms with van der Waals surface area (Å²) >= 11 is 0. The molecule has 1 aromatic heterocycles. The van der Waals surface area contributed by atoms with Crippen LogP contribution >= 0.6 is 0 Å². The molecule has 0 atom stereocenters. The number of aromatic amines is 1. The molecule has 0 bridgehead atoms. The standard InChI is InChI=1S/C11H20N4O2/c1-3-4-5-6-7-13-8-9(12)15(2)11(17)14-10(8)16/h13H,3-7,12H2,1-2H3,(H,14,16,17). The van der Waals surface area contributed by atoms with Crippen LogP contribution in [0.5, 0.6) is 0 Å². The van der Waals surface area contributed by atoms with Gasteiger partial charge in [-0.1, -0.05) is 26.2 Å². The van der Waals surface area contributed by atoms with Gasteiger partial charge in [-0.3, -0.25) is 14.3 Å². The van der Waals surface area contributed by atoms with Crippen LogP contribution in [0.15, 0.2) is 9.59 Å². The van der Waals surface area contributed by atoms with Gasteiger partial charge in [0, 0.05) is 13.6 Å². The van der Waals surface area contributed by atoms with Crippen LogP contribution in [0.25, 0.3) is 0 Å². The van der Waals surface area contributed by atoms with Crippen molar-refractivity contribution < 1.29 is 0 Å². The molecule has 96 valence electrons. The largest absolute Gasteiger partial charge is 0.383 e. The van der Waals surface area contributed by atoms with E-state index in [1.807, 2.05) is 0 Å². The Morgan fingerprint density at radius 3 is 2.65 bits per heavy atom. The molecule has 6 nitrogen and oxygen atoms in total. The molecule has 0 fully saturated rings. The lowest BCUT2D eigenvalue weighted by Crippen LogP contribution is -2.32. The molecule has 1 heterocycles. The van der Waals surface area contributed by atoms with E-state index >= 15 is 0 Å². The molecule has 0 radical (unpaired) electrons. The summed E-state index contributed by atoms with van der Waals surface area (Å²) in [7, 11) is 1.52. The molecule has 0 saturated heterocycles. The Kier molecular flexibility index (Phi) is 4.81. The number of rotatable bonds is 6. The lowest BCUT2D eigenvalue weighted by atomic mass is 10.2. The van der Waals surface area contributed by atoms with Crippen LogP contribution < -0.4 is 22.3 Å². The highest BCUT2D eigenvalue weighted by atomic mass is 16.2. The third kappa shape index (κ3) is 3.37. The number of hydrogen-bond donors (Lipinski definition) is 3. The summed E-state index contributed by atoms with van der Waals surface area (Å²) in [5, 5.41) is 2.98. The maximum Gasteiger partial charge on any atom is 0.329 e. The van der Waals surface area contributed by atoms with Gasteiger partial charge in [0.05, 0.1) is 0 Å². The van der Waals surface area contributed by atoms with E-state index in [-0.39, 0.29) is 11.5 Å². The second kappa shape index (κ2) is 6.12. The first kappa shape index (κ1) is 13.3. The molecule has 0 unspecified atom stereocenters. The van der Waals surface area contributed by atoms with Gasteiger partial charge in [0.15, 0.2) is 0 Å². The fourth-order valence-corrected chi connectivity index (χ4v) is 1.57. The Morgan fingerprint density at radius 2 is 2.00 bits per heavy atom. The van der Waals surface area contributed by atoms with Crippen LogP contribution in [-0.4, -0.2) is 16.1 Å². The first-order valence-corrected chi connectivity index (χ1v) is 5.90. The summed E-state index contributed by atoms with van der Waals surface area (Å²) in [4.78, 5) is 25.0. The third-order valence-corrected chi connectivity index (χ3v) is 2.70. The van der Waals surface area contributed by atoms with Crippen LogP contribution in [0.1, 0.15) is 32.6 Å². The summed E-state index contributed by atoms with van der Waals surface area (Å²) in [6.45, 7) is 2.83. The van der Waals surface area contributed by atoms with Crippen molar-refractivity contribution in [1.29, 1.82) is 0 Å². The Labute approximate surface area is 99.8 Å². The molecule has 6 heteroatoms. The number of nitrogens with one attached hydrogen (secondary N) is 2. The molecule has 1 rings (SSSR count). The molecular formula is C11H20N4O2. The predicted octanol–water partition coefficient (Wildman–Crippen LogP) is 0.648. The van der Waals surface area contributed by atoms with E-state index in [2.05, 4.69) is 17.2 Å². The van der Waals surface area contributed by atoms with Gasteiger partial charge in [0.25, 0.3) is 5.56 Å². The van der Waals surface area contributed by atoms with Gasteiger partial charge in [-0.2, -0.15) is 0 Å². The van der Waals surface area contributed by atoms with Crippen molar-refractivity contribution in [2.75, 3.05) is 17.6 Å².